The van der Waals surface area contributed by atoms with E-state index in [-0.39, 0.29) is 11.4 Å². The maximum Gasteiger partial charge on any atom is 0.277 e. The van der Waals surface area contributed by atoms with Crippen LogP contribution in [-0.2, 0) is 19.3 Å². The predicted octanol–water partition coefficient (Wildman–Crippen LogP) is 4.24. The van der Waals surface area contributed by atoms with Gasteiger partial charge in [0, 0.05) is 11.3 Å². The molecule has 0 radical (unpaired) electrons. The fraction of sp³-hybridized carbons (Fsp3) is 0.385. The van der Waals surface area contributed by atoms with Crippen molar-refractivity contribution >= 4 is 11.0 Å². The number of aromatic amines is 2. The van der Waals surface area contributed by atoms with Gasteiger partial charge in [0.2, 0.25) is 5.95 Å². The molecule has 0 atom stereocenters. The highest BCUT2D eigenvalue weighted by atomic mass is 19.1. The molecule has 6 nitrogen and oxygen atoms in total. The summed E-state index contributed by atoms with van der Waals surface area (Å²) in [6.07, 6.45) is 4.44. The summed E-state index contributed by atoms with van der Waals surface area (Å²) < 4.78 is 14.9. The molecule has 4 aromatic rings. The van der Waals surface area contributed by atoms with Gasteiger partial charge in [0.1, 0.15) is 5.82 Å². The lowest BCUT2D eigenvalue weighted by atomic mass is 9.90. The molecule has 172 valence electrons. The Morgan fingerprint density at radius 3 is 2.55 bits per heavy atom. The van der Waals surface area contributed by atoms with Crippen molar-refractivity contribution in [2.24, 2.45) is 5.92 Å². The minimum Gasteiger partial charge on any atom is -0.322 e. The minimum absolute atomic E-state index is 0.0582. The Morgan fingerprint density at radius 2 is 1.82 bits per heavy atom. The zero-order chi connectivity index (χ0) is 22.8. The van der Waals surface area contributed by atoms with Crippen LogP contribution in [0.15, 0.2) is 53.3 Å². The second-order valence-corrected chi connectivity index (χ2v) is 9.00. The number of para-hydroxylation sites is 2. The zero-order valence-corrected chi connectivity index (χ0v) is 19.0. The number of rotatable bonds is 7. The van der Waals surface area contributed by atoms with E-state index in [4.69, 9.17) is 0 Å². The fourth-order valence-corrected chi connectivity index (χ4v) is 4.85. The standard InChI is InChI=1S/C26H30FN5O/c1-2-31-15-13-19(14-16-31)17-24-21(12-9-18-7-10-20(27)11-8-18)25(33)32(30-24)26-28-22-5-3-4-6-23(22)29-26/h3-8,10-11,19,30H,2,9,12-17H2,1H3,(H,28,29). The zero-order valence-electron chi connectivity index (χ0n) is 19.0. The van der Waals surface area contributed by atoms with Gasteiger partial charge in [0.15, 0.2) is 0 Å². The average molecular weight is 448 g/mol. The van der Waals surface area contributed by atoms with Crippen LogP contribution in [0.25, 0.3) is 17.0 Å². The van der Waals surface area contributed by atoms with Gasteiger partial charge in [-0.3, -0.25) is 9.89 Å². The van der Waals surface area contributed by atoms with E-state index in [1.54, 1.807) is 16.8 Å². The Morgan fingerprint density at radius 1 is 1.06 bits per heavy atom. The number of benzene rings is 2. The van der Waals surface area contributed by atoms with Crippen molar-refractivity contribution in [1.29, 1.82) is 0 Å². The first-order valence-corrected chi connectivity index (χ1v) is 11.9. The lowest BCUT2D eigenvalue weighted by molar-refractivity contribution is 0.191. The predicted molar refractivity (Wildman–Crippen MR) is 128 cm³/mol. The number of hydrogen-bond acceptors (Lipinski definition) is 3. The number of nitrogens with one attached hydrogen (secondary N) is 2. The molecule has 1 aliphatic rings. The number of imidazole rings is 1. The molecule has 1 fully saturated rings. The van der Waals surface area contributed by atoms with E-state index in [0.717, 1.165) is 66.8 Å². The van der Waals surface area contributed by atoms with Crippen molar-refractivity contribution in [1.82, 2.24) is 24.6 Å². The Kier molecular flexibility index (Phi) is 6.13. The molecule has 0 aliphatic carbocycles. The van der Waals surface area contributed by atoms with Crippen LogP contribution in [0, 0.1) is 11.7 Å². The van der Waals surface area contributed by atoms with Gasteiger partial charge in [-0.15, -0.1) is 0 Å². The molecule has 0 amide bonds. The fourth-order valence-electron chi connectivity index (χ4n) is 4.85. The molecule has 2 aromatic carbocycles. The summed E-state index contributed by atoms with van der Waals surface area (Å²) in [7, 11) is 0. The largest absolute Gasteiger partial charge is 0.322 e. The summed E-state index contributed by atoms with van der Waals surface area (Å²) in [6, 6.07) is 14.3. The van der Waals surface area contributed by atoms with Crippen LogP contribution < -0.4 is 5.56 Å². The van der Waals surface area contributed by atoms with Crippen molar-refractivity contribution in [3.63, 3.8) is 0 Å². The van der Waals surface area contributed by atoms with Crippen LogP contribution in [0.2, 0.25) is 0 Å². The van der Waals surface area contributed by atoms with Gasteiger partial charge in [-0.1, -0.05) is 31.2 Å². The van der Waals surface area contributed by atoms with Crippen LogP contribution in [-0.4, -0.2) is 44.3 Å². The van der Waals surface area contributed by atoms with Crippen LogP contribution in [0.5, 0.6) is 0 Å². The van der Waals surface area contributed by atoms with Crippen LogP contribution in [0.1, 0.15) is 36.6 Å². The van der Waals surface area contributed by atoms with Gasteiger partial charge in [-0.25, -0.2) is 9.37 Å². The summed E-state index contributed by atoms with van der Waals surface area (Å²) in [5.74, 6) is 0.822. The van der Waals surface area contributed by atoms with E-state index >= 15 is 0 Å². The van der Waals surface area contributed by atoms with E-state index in [1.165, 1.54) is 12.1 Å². The number of likely N-dealkylation sites (tertiary alicyclic amines) is 1. The second-order valence-electron chi connectivity index (χ2n) is 9.00. The first-order valence-electron chi connectivity index (χ1n) is 11.9. The first kappa shape index (κ1) is 21.6. The van der Waals surface area contributed by atoms with Crippen molar-refractivity contribution in [2.45, 2.75) is 39.0 Å². The summed E-state index contributed by atoms with van der Waals surface area (Å²) in [5, 5.41) is 3.38. The maximum atomic E-state index is 13.5. The van der Waals surface area contributed by atoms with Gasteiger partial charge in [0.25, 0.3) is 5.56 Å². The smallest absolute Gasteiger partial charge is 0.277 e. The highest BCUT2D eigenvalue weighted by Gasteiger charge is 2.23. The molecule has 5 rings (SSSR count). The monoisotopic (exact) mass is 447 g/mol. The molecule has 3 heterocycles. The number of hydrogen-bond donors (Lipinski definition) is 2. The third kappa shape index (κ3) is 4.64. The number of fused-ring (bicyclic) bond motifs is 1. The Bertz CT molecular complexity index is 1250. The number of H-pyrrole nitrogens is 2. The number of aryl methyl sites for hydroxylation is 1. The third-order valence-electron chi connectivity index (χ3n) is 6.89. The molecular weight excluding hydrogens is 417 g/mol. The van der Waals surface area contributed by atoms with Crippen molar-refractivity contribution < 1.29 is 4.39 Å². The number of aromatic nitrogens is 4. The van der Waals surface area contributed by atoms with Gasteiger partial charge < -0.3 is 9.88 Å². The highest BCUT2D eigenvalue weighted by Crippen LogP contribution is 2.23. The summed E-state index contributed by atoms with van der Waals surface area (Å²) in [4.78, 5) is 23.9. The molecule has 0 spiro atoms. The molecule has 2 N–H and O–H groups in total. The Labute approximate surface area is 192 Å². The quantitative estimate of drug-likeness (QED) is 0.445. The maximum absolute atomic E-state index is 13.5. The lowest BCUT2D eigenvalue weighted by Gasteiger charge is -2.30. The van der Waals surface area contributed by atoms with Crippen molar-refractivity contribution in [2.75, 3.05) is 19.6 Å². The average Bonchev–Trinajstić information content (AvgIpc) is 3.40. The van der Waals surface area contributed by atoms with E-state index in [0.29, 0.717) is 24.7 Å². The first-order chi connectivity index (χ1) is 16.1. The van der Waals surface area contributed by atoms with Crippen LogP contribution in [0.4, 0.5) is 4.39 Å². The number of piperidine rings is 1. The Balaban J connectivity index is 1.45. The number of nitrogens with zero attached hydrogens (tertiary/aromatic N) is 3. The van der Waals surface area contributed by atoms with Gasteiger partial charge >= 0.3 is 0 Å². The second kappa shape index (κ2) is 9.35. The highest BCUT2D eigenvalue weighted by molar-refractivity contribution is 5.75. The van der Waals surface area contributed by atoms with Gasteiger partial charge in [0.05, 0.1) is 11.0 Å². The van der Waals surface area contributed by atoms with Gasteiger partial charge in [-0.2, -0.15) is 4.68 Å². The lowest BCUT2D eigenvalue weighted by Crippen LogP contribution is -2.34. The number of halogens is 1. The van der Waals surface area contributed by atoms with Crippen LogP contribution >= 0.6 is 0 Å². The Hall–Kier alpha value is -3.19. The summed E-state index contributed by atoms with van der Waals surface area (Å²) >= 11 is 0. The molecule has 7 heteroatoms. The molecule has 33 heavy (non-hydrogen) atoms. The SMILES string of the molecule is CCN1CCC(Cc2[nH]n(-c3nc4ccccc4[nH]3)c(=O)c2CCc2ccc(F)cc2)CC1. The van der Waals surface area contributed by atoms with E-state index in [1.807, 2.05) is 24.3 Å². The molecule has 0 unspecified atom stereocenters. The summed E-state index contributed by atoms with van der Waals surface area (Å²) in [5.41, 5.74) is 4.49. The normalized spacial score (nSPS) is 15.5. The molecule has 2 aromatic heterocycles. The molecule has 0 bridgehead atoms. The van der Waals surface area contributed by atoms with Crippen LogP contribution in [0.3, 0.4) is 0 Å². The van der Waals surface area contributed by atoms with E-state index in [9.17, 15) is 9.18 Å². The van der Waals surface area contributed by atoms with E-state index < -0.39 is 0 Å². The molecule has 0 saturated carbocycles. The van der Waals surface area contributed by atoms with Crippen molar-refractivity contribution in [3.05, 3.63) is 81.5 Å². The molecular formula is C26H30FN5O. The third-order valence-corrected chi connectivity index (χ3v) is 6.89. The summed E-state index contributed by atoms with van der Waals surface area (Å²) in [6.45, 7) is 5.52. The molecule has 1 saturated heterocycles. The topological polar surface area (TPSA) is 69.7 Å². The van der Waals surface area contributed by atoms with Gasteiger partial charge in [-0.05, 0) is 87.5 Å². The molecule has 1 aliphatic heterocycles. The van der Waals surface area contributed by atoms with E-state index in [2.05, 4.69) is 26.9 Å². The van der Waals surface area contributed by atoms with Crippen molar-refractivity contribution in [3.8, 4) is 5.95 Å². The minimum atomic E-state index is -0.244.